The molecule has 2 aromatic rings. The lowest BCUT2D eigenvalue weighted by atomic mass is 10.2. The van der Waals surface area contributed by atoms with E-state index in [1.165, 1.54) is 34.7 Å². The Morgan fingerprint density at radius 3 is 1.50 bits per heavy atom. The smallest absolute Gasteiger partial charge is 0.246 e. The van der Waals surface area contributed by atoms with E-state index in [1.807, 2.05) is 60.7 Å². The van der Waals surface area contributed by atoms with Gasteiger partial charge in [-0.3, -0.25) is 4.79 Å². The van der Waals surface area contributed by atoms with Gasteiger partial charge in [-0.2, -0.15) is 0 Å². The molecule has 0 unspecified atom stereocenters. The van der Waals surface area contributed by atoms with E-state index in [0.29, 0.717) is 0 Å². The van der Waals surface area contributed by atoms with Crippen molar-refractivity contribution < 1.29 is 4.79 Å². The molecule has 1 nitrogen and oxygen atoms in total. The van der Waals surface area contributed by atoms with Gasteiger partial charge in [-0.05, 0) is 11.1 Å². The summed E-state index contributed by atoms with van der Waals surface area (Å²) in [5.41, 5.74) is 2.38. The van der Waals surface area contributed by atoms with Crippen LogP contribution in [0.15, 0.2) is 60.7 Å². The van der Waals surface area contributed by atoms with Crippen molar-refractivity contribution in [1.29, 1.82) is 0 Å². The zero-order valence-electron chi connectivity index (χ0n) is 9.91. The Hall–Kier alpha value is -1.19. The largest absolute Gasteiger partial charge is 0.274 e. The van der Waals surface area contributed by atoms with Gasteiger partial charge in [0.25, 0.3) is 0 Å². The van der Waals surface area contributed by atoms with E-state index < -0.39 is 0 Å². The molecule has 0 N–H and O–H groups in total. The van der Waals surface area contributed by atoms with Crippen molar-refractivity contribution in [2.45, 2.75) is 11.5 Å². The second-order valence-electron chi connectivity index (χ2n) is 3.80. The van der Waals surface area contributed by atoms with Gasteiger partial charge >= 0.3 is 0 Å². The van der Waals surface area contributed by atoms with Gasteiger partial charge in [-0.15, -0.1) is 0 Å². The van der Waals surface area contributed by atoms with E-state index >= 15 is 0 Å². The monoisotopic (exact) mass is 274 g/mol. The summed E-state index contributed by atoms with van der Waals surface area (Å²) in [5, 5.41) is 0. The average Bonchev–Trinajstić information content (AvgIpc) is 2.45. The summed E-state index contributed by atoms with van der Waals surface area (Å²) in [6.07, 6.45) is 0. The van der Waals surface area contributed by atoms with Crippen molar-refractivity contribution in [3.8, 4) is 0 Å². The highest BCUT2D eigenvalue weighted by atomic mass is 32.2. The molecule has 0 heterocycles. The van der Waals surface area contributed by atoms with Crippen LogP contribution in [0.25, 0.3) is 0 Å². The van der Waals surface area contributed by atoms with Crippen molar-refractivity contribution in [3.05, 3.63) is 71.8 Å². The molecule has 18 heavy (non-hydrogen) atoms. The molecule has 0 amide bonds. The van der Waals surface area contributed by atoms with Gasteiger partial charge in [-0.25, -0.2) is 0 Å². The van der Waals surface area contributed by atoms with Crippen molar-refractivity contribution in [2.24, 2.45) is 0 Å². The van der Waals surface area contributed by atoms with Gasteiger partial charge in [0.2, 0.25) is 4.45 Å². The van der Waals surface area contributed by atoms with Crippen LogP contribution in [0.1, 0.15) is 11.1 Å². The Balaban J connectivity index is 1.73. The van der Waals surface area contributed by atoms with Gasteiger partial charge in [-0.1, -0.05) is 84.2 Å². The summed E-state index contributed by atoms with van der Waals surface area (Å²) < 4.78 is 0.183. The molecule has 0 saturated carbocycles. The third kappa shape index (κ3) is 4.59. The summed E-state index contributed by atoms with van der Waals surface area (Å²) in [4.78, 5) is 11.7. The van der Waals surface area contributed by atoms with E-state index in [2.05, 4.69) is 0 Å². The van der Waals surface area contributed by atoms with Crippen LogP contribution in [0, 0.1) is 0 Å². The third-order valence-corrected chi connectivity index (χ3v) is 4.53. The molecular formula is C15H14OS2. The molecule has 0 fully saturated rings. The van der Waals surface area contributed by atoms with Crippen LogP contribution < -0.4 is 0 Å². The summed E-state index contributed by atoms with van der Waals surface area (Å²) in [7, 11) is 0. The minimum atomic E-state index is 0.183. The fourth-order valence-corrected chi connectivity index (χ4v) is 3.12. The highest BCUT2D eigenvalue weighted by Gasteiger charge is 2.04. The Bertz CT molecular complexity index is 437. The zero-order valence-corrected chi connectivity index (χ0v) is 11.5. The number of hydrogen-bond donors (Lipinski definition) is 0. The fourth-order valence-electron chi connectivity index (χ4n) is 1.47. The molecule has 92 valence electrons. The summed E-state index contributed by atoms with van der Waals surface area (Å²) in [6.45, 7) is 0. The van der Waals surface area contributed by atoms with Crippen LogP contribution in [-0.2, 0) is 11.5 Å². The highest BCUT2D eigenvalue weighted by molar-refractivity contribution is 8.37. The number of rotatable bonds is 4. The minimum Gasteiger partial charge on any atom is -0.274 e. The zero-order chi connectivity index (χ0) is 12.6. The molecule has 2 aromatic carbocycles. The highest BCUT2D eigenvalue weighted by Crippen LogP contribution is 2.23. The van der Waals surface area contributed by atoms with Crippen LogP contribution in [0.4, 0.5) is 4.79 Å². The van der Waals surface area contributed by atoms with Gasteiger partial charge < -0.3 is 0 Å². The number of thioether (sulfide) groups is 2. The minimum absolute atomic E-state index is 0.183. The topological polar surface area (TPSA) is 17.1 Å². The molecule has 0 aliphatic heterocycles. The molecule has 2 rings (SSSR count). The van der Waals surface area contributed by atoms with Gasteiger partial charge in [0.15, 0.2) is 0 Å². The van der Waals surface area contributed by atoms with Gasteiger partial charge in [0.1, 0.15) is 0 Å². The van der Waals surface area contributed by atoms with Crippen LogP contribution in [0.3, 0.4) is 0 Å². The molecular weight excluding hydrogens is 260 g/mol. The number of hydrogen-bond acceptors (Lipinski definition) is 3. The van der Waals surface area contributed by atoms with Gasteiger partial charge in [0.05, 0.1) is 0 Å². The summed E-state index contributed by atoms with van der Waals surface area (Å²) in [6, 6.07) is 20.1. The Kier molecular flexibility index (Phi) is 5.36. The summed E-state index contributed by atoms with van der Waals surface area (Å²) >= 11 is 2.75. The molecule has 3 heteroatoms. The number of carbonyl (C=O) groups is 1. The SMILES string of the molecule is O=C(SCc1ccccc1)SCc1ccccc1. The maximum atomic E-state index is 11.7. The first-order chi connectivity index (χ1) is 8.84. The lowest BCUT2D eigenvalue weighted by Gasteiger charge is -2.01. The van der Waals surface area contributed by atoms with Crippen molar-refractivity contribution in [2.75, 3.05) is 0 Å². The maximum absolute atomic E-state index is 11.7. The van der Waals surface area contributed by atoms with Crippen LogP contribution >= 0.6 is 23.5 Å². The Labute approximate surface area is 116 Å². The third-order valence-electron chi connectivity index (χ3n) is 2.40. The molecule has 0 spiro atoms. The van der Waals surface area contributed by atoms with Crippen molar-refractivity contribution >= 4 is 28.0 Å². The molecule has 0 atom stereocenters. The van der Waals surface area contributed by atoms with Crippen LogP contribution in [0.5, 0.6) is 0 Å². The average molecular weight is 274 g/mol. The second kappa shape index (κ2) is 7.29. The standard InChI is InChI=1S/C15H14OS2/c16-15(17-11-13-7-3-1-4-8-13)18-12-14-9-5-2-6-10-14/h1-10H,11-12H2. The van der Waals surface area contributed by atoms with Crippen molar-refractivity contribution in [3.63, 3.8) is 0 Å². The Morgan fingerprint density at radius 1 is 0.722 bits per heavy atom. The van der Waals surface area contributed by atoms with E-state index in [4.69, 9.17) is 0 Å². The predicted molar refractivity (Wildman–Crippen MR) is 80.9 cm³/mol. The van der Waals surface area contributed by atoms with Crippen LogP contribution in [-0.4, -0.2) is 4.45 Å². The maximum Gasteiger partial charge on any atom is 0.246 e. The van der Waals surface area contributed by atoms with E-state index in [-0.39, 0.29) is 4.45 Å². The molecule has 0 aliphatic rings. The fraction of sp³-hybridized carbons (Fsp3) is 0.133. The van der Waals surface area contributed by atoms with Crippen molar-refractivity contribution in [1.82, 2.24) is 0 Å². The number of benzene rings is 2. The lowest BCUT2D eigenvalue weighted by Crippen LogP contribution is -1.87. The first kappa shape index (κ1) is 13.2. The summed E-state index contributed by atoms with van der Waals surface area (Å²) in [5.74, 6) is 1.50. The molecule has 0 aliphatic carbocycles. The van der Waals surface area contributed by atoms with E-state index in [0.717, 1.165) is 11.5 Å². The lowest BCUT2D eigenvalue weighted by molar-refractivity contribution is 0.276. The number of carbonyl (C=O) groups excluding carboxylic acids is 1. The quantitative estimate of drug-likeness (QED) is 0.783. The van der Waals surface area contributed by atoms with Gasteiger partial charge in [0, 0.05) is 11.5 Å². The molecule has 0 aromatic heterocycles. The first-order valence-corrected chi connectivity index (χ1v) is 7.69. The van der Waals surface area contributed by atoms with E-state index in [9.17, 15) is 4.79 Å². The normalized spacial score (nSPS) is 10.2. The Morgan fingerprint density at radius 2 is 1.11 bits per heavy atom. The van der Waals surface area contributed by atoms with Crippen LogP contribution in [0.2, 0.25) is 0 Å². The molecule has 0 bridgehead atoms. The molecule has 0 radical (unpaired) electrons. The molecule has 0 saturated heterocycles. The predicted octanol–water partition coefficient (Wildman–Crippen LogP) is 4.97. The second-order valence-corrected chi connectivity index (χ2v) is 5.95. The van der Waals surface area contributed by atoms with E-state index in [1.54, 1.807) is 0 Å². The first-order valence-electron chi connectivity index (χ1n) is 5.72.